The number of phenolic OH excluding ortho intramolecular Hbond substituents is 1. The number of benzene rings is 2. The van der Waals surface area contributed by atoms with Gasteiger partial charge in [-0.3, -0.25) is 4.79 Å². The molecule has 4 nitrogen and oxygen atoms in total. The molecule has 1 N–H and O–H groups in total. The van der Waals surface area contributed by atoms with Crippen LogP contribution in [-0.4, -0.2) is 28.6 Å². The van der Waals surface area contributed by atoms with Gasteiger partial charge in [-0.2, -0.15) is 0 Å². The number of carbonyl (C=O) groups is 1. The molecule has 1 saturated carbocycles. The number of fused-ring (bicyclic) bond motifs is 1. The van der Waals surface area contributed by atoms with Gasteiger partial charge in [0.2, 0.25) is 0 Å². The first-order chi connectivity index (χ1) is 14.5. The highest BCUT2D eigenvalue weighted by molar-refractivity contribution is 5.98. The number of nitrogens with zero attached hydrogens (tertiary/aromatic N) is 1. The van der Waals surface area contributed by atoms with Crippen LogP contribution in [0.2, 0.25) is 0 Å². The number of rotatable bonds is 7. The third-order valence-corrected chi connectivity index (χ3v) is 6.52. The van der Waals surface area contributed by atoms with Crippen molar-refractivity contribution in [3.8, 4) is 11.5 Å². The number of ether oxygens (including phenoxy) is 1. The Kier molecular flexibility index (Phi) is 6.26. The second-order valence-electron chi connectivity index (χ2n) is 8.71. The van der Waals surface area contributed by atoms with E-state index in [4.69, 9.17) is 4.74 Å². The number of hydrogen-bond acceptors (Lipinski definition) is 3. The molecule has 1 amide bonds. The van der Waals surface area contributed by atoms with Crippen LogP contribution in [0.3, 0.4) is 0 Å². The summed E-state index contributed by atoms with van der Waals surface area (Å²) in [5.41, 5.74) is 1.63. The molecule has 0 radical (unpaired) electrons. The number of hydrogen-bond donors (Lipinski definition) is 1. The van der Waals surface area contributed by atoms with Crippen molar-refractivity contribution in [1.29, 1.82) is 0 Å². The SMILES string of the molecule is CCCC(Oc1cccc(F)c1)[C@H]1CC[C@H](CN2Cc3ccc(O)cc3C2=O)CC1. The number of amides is 1. The van der Waals surface area contributed by atoms with E-state index in [-0.39, 0.29) is 23.6 Å². The first kappa shape index (κ1) is 20.7. The van der Waals surface area contributed by atoms with E-state index in [2.05, 4.69) is 6.92 Å². The Hall–Kier alpha value is -2.56. The highest BCUT2D eigenvalue weighted by atomic mass is 19.1. The van der Waals surface area contributed by atoms with Gasteiger partial charge in [-0.25, -0.2) is 4.39 Å². The van der Waals surface area contributed by atoms with E-state index >= 15 is 0 Å². The minimum Gasteiger partial charge on any atom is -0.508 e. The quantitative estimate of drug-likeness (QED) is 0.651. The second kappa shape index (κ2) is 9.07. The van der Waals surface area contributed by atoms with Gasteiger partial charge in [0, 0.05) is 24.7 Å². The summed E-state index contributed by atoms with van der Waals surface area (Å²) >= 11 is 0. The summed E-state index contributed by atoms with van der Waals surface area (Å²) in [6, 6.07) is 11.5. The van der Waals surface area contributed by atoms with Crippen LogP contribution in [0.25, 0.3) is 0 Å². The number of phenols is 1. The second-order valence-corrected chi connectivity index (χ2v) is 8.71. The van der Waals surface area contributed by atoms with E-state index in [1.54, 1.807) is 18.2 Å². The van der Waals surface area contributed by atoms with Crippen LogP contribution in [0.1, 0.15) is 61.4 Å². The lowest BCUT2D eigenvalue weighted by molar-refractivity contribution is 0.0643. The highest BCUT2D eigenvalue weighted by Gasteiger charge is 2.33. The average molecular weight is 412 g/mol. The molecule has 0 saturated heterocycles. The van der Waals surface area contributed by atoms with Crippen LogP contribution < -0.4 is 4.74 Å². The summed E-state index contributed by atoms with van der Waals surface area (Å²) in [5, 5.41) is 9.66. The standard InChI is InChI=1S/C25H30FNO3/c1-2-4-24(30-22-6-3-5-20(26)13-22)18-9-7-17(8-10-18)15-27-16-19-11-12-21(28)14-23(19)25(27)29/h3,5-6,11-14,17-18,24,28H,2,4,7-10,15-16H2,1H3/t17-,18-,24?. The maximum Gasteiger partial charge on any atom is 0.254 e. The normalized spacial score (nSPS) is 22.1. The smallest absolute Gasteiger partial charge is 0.254 e. The zero-order valence-electron chi connectivity index (χ0n) is 17.5. The van der Waals surface area contributed by atoms with Crippen molar-refractivity contribution in [2.75, 3.05) is 6.54 Å². The Balaban J connectivity index is 1.32. The summed E-state index contributed by atoms with van der Waals surface area (Å²) in [4.78, 5) is 14.6. The Morgan fingerprint density at radius 3 is 2.70 bits per heavy atom. The van der Waals surface area contributed by atoms with Crippen LogP contribution in [0.15, 0.2) is 42.5 Å². The van der Waals surface area contributed by atoms with Gasteiger partial charge >= 0.3 is 0 Å². The van der Waals surface area contributed by atoms with Crippen LogP contribution >= 0.6 is 0 Å². The van der Waals surface area contributed by atoms with Crippen LogP contribution in [0.4, 0.5) is 4.39 Å². The van der Waals surface area contributed by atoms with Crippen molar-refractivity contribution in [3.05, 3.63) is 59.4 Å². The molecule has 1 fully saturated rings. The molecule has 2 aliphatic rings. The van der Waals surface area contributed by atoms with Gasteiger partial charge in [0.15, 0.2) is 0 Å². The maximum atomic E-state index is 13.5. The largest absolute Gasteiger partial charge is 0.508 e. The molecule has 4 rings (SSSR count). The summed E-state index contributed by atoms with van der Waals surface area (Å²) in [6.07, 6.45) is 6.40. The molecule has 2 aromatic carbocycles. The Morgan fingerprint density at radius 1 is 1.17 bits per heavy atom. The van der Waals surface area contributed by atoms with Crippen molar-refractivity contribution in [3.63, 3.8) is 0 Å². The predicted molar refractivity (Wildman–Crippen MR) is 114 cm³/mol. The minimum absolute atomic E-state index is 0.0290. The molecule has 5 heteroatoms. The van der Waals surface area contributed by atoms with Crippen molar-refractivity contribution < 1.29 is 19.0 Å². The molecule has 0 aromatic heterocycles. The predicted octanol–water partition coefficient (Wildman–Crippen LogP) is 5.54. The van der Waals surface area contributed by atoms with Crippen LogP contribution in [0, 0.1) is 17.7 Å². The number of halogens is 1. The minimum atomic E-state index is -0.268. The molecular weight excluding hydrogens is 381 g/mol. The molecule has 160 valence electrons. The van der Waals surface area contributed by atoms with E-state index in [9.17, 15) is 14.3 Å². The lowest BCUT2D eigenvalue weighted by atomic mass is 9.78. The molecule has 2 aromatic rings. The number of aromatic hydroxyl groups is 1. The van der Waals surface area contributed by atoms with Crippen LogP contribution in [-0.2, 0) is 6.54 Å². The van der Waals surface area contributed by atoms with Gasteiger partial charge in [-0.15, -0.1) is 0 Å². The zero-order valence-corrected chi connectivity index (χ0v) is 17.5. The first-order valence-corrected chi connectivity index (χ1v) is 11.1. The van der Waals surface area contributed by atoms with Crippen molar-refractivity contribution in [1.82, 2.24) is 4.90 Å². The molecule has 1 heterocycles. The topological polar surface area (TPSA) is 49.8 Å². The van der Waals surface area contributed by atoms with Crippen molar-refractivity contribution in [2.45, 2.75) is 58.1 Å². The Labute approximate surface area is 177 Å². The lowest BCUT2D eigenvalue weighted by Gasteiger charge is -2.35. The molecular formula is C25H30FNO3. The average Bonchev–Trinajstić information content (AvgIpc) is 3.03. The summed E-state index contributed by atoms with van der Waals surface area (Å²) in [7, 11) is 0. The summed E-state index contributed by atoms with van der Waals surface area (Å²) in [5.74, 6) is 1.47. The van der Waals surface area contributed by atoms with Gasteiger partial charge in [0.05, 0.1) is 0 Å². The van der Waals surface area contributed by atoms with E-state index < -0.39 is 0 Å². The van der Waals surface area contributed by atoms with Gasteiger partial charge in [0.25, 0.3) is 5.91 Å². The van der Waals surface area contributed by atoms with Crippen molar-refractivity contribution in [2.24, 2.45) is 11.8 Å². The number of carbonyl (C=O) groups excluding carboxylic acids is 1. The van der Waals surface area contributed by atoms with Gasteiger partial charge in [0.1, 0.15) is 23.4 Å². The summed E-state index contributed by atoms with van der Waals surface area (Å²) < 4.78 is 19.7. The van der Waals surface area contributed by atoms with Crippen LogP contribution in [0.5, 0.6) is 11.5 Å². The molecule has 30 heavy (non-hydrogen) atoms. The third-order valence-electron chi connectivity index (χ3n) is 6.52. The van der Waals surface area contributed by atoms with Crippen molar-refractivity contribution >= 4 is 5.91 Å². The van der Waals surface area contributed by atoms with E-state index in [0.29, 0.717) is 29.7 Å². The third kappa shape index (κ3) is 4.61. The van der Waals surface area contributed by atoms with E-state index in [1.807, 2.05) is 17.0 Å². The molecule has 0 spiro atoms. The zero-order chi connectivity index (χ0) is 21.1. The van der Waals surface area contributed by atoms with Gasteiger partial charge < -0.3 is 14.7 Å². The summed E-state index contributed by atoms with van der Waals surface area (Å²) in [6.45, 7) is 3.56. The molecule has 1 unspecified atom stereocenters. The molecule has 1 atom stereocenters. The van der Waals surface area contributed by atoms with E-state index in [0.717, 1.165) is 50.6 Å². The molecule has 1 aliphatic carbocycles. The van der Waals surface area contributed by atoms with E-state index in [1.165, 1.54) is 12.1 Å². The molecule has 1 aliphatic heterocycles. The molecule has 0 bridgehead atoms. The fraction of sp³-hybridized carbons (Fsp3) is 0.480. The van der Waals surface area contributed by atoms with Gasteiger partial charge in [-0.1, -0.05) is 25.5 Å². The fourth-order valence-corrected chi connectivity index (χ4v) is 4.94. The Morgan fingerprint density at radius 2 is 1.97 bits per heavy atom. The lowest BCUT2D eigenvalue weighted by Crippen LogP contribution is -2.35. The first-order valence-electron chi connectivity index (χ1n) is 11.1. The maximum absolute atomic E-state index is 13.5. The highest BCUT2D eigenvalue weighted by Crippen LogP contribution is 2.36. The van der Waals surface area contributed by atoms with Gasteiger partial charge in [-0.05, 0) is 73.8 Å². The monoisotopic (exact) mass is 411 g/mol. The Bertz CT molecular complexity index is 892. The fourth-order valence-electron chi connectivity index (χ4n) is 4.94.